The maximum absolute atomic E-state index is 12.2. The van der Waals surface area contributed by atoms with Crippen molar-refractivity contribution >= 4 is 19.8 Å². The fourth-order valence-corrected chi connectivity index (χ4v) is 4.71. The van der Waals surface area contributed by atoms with E-state index in [0.717, 1.165) is 38.5 Å². The van der Waals surface area contributed by atoms with Crippen LogP contribution in [0.2, 0.25) is 0 Å². The first-order chi connectivity index (χ1) is 11.5. The third kappa shape index (κ3) is 5.79. The quantitative estimate of drug-likeness (QED) is 0.608. The van der Waals surface area contributed by atoms with Crippen molar-refractivity contribution in [3.05, 3.63) is 0 Å². The molecule has 2 rings (SSSR count). The average molecular weight is 358 g/mol. The highest BCUT2D eigenvalue weighted by Crippen LogP contribution is 2.33. The van der Waals surface area contributed by atoms with Crippen molar-refractivity contribution in [2.24, 2.45) is 23.7 Å². The summed E-state index contributed by atoms with van der Waals surface area (Å²) in [5.74, 6) is 0.782. The van der Waals surface area contributed by atoms with Crippen LogP contribution < -0.4 is 0 Å². The Morgan fingerprint density at radius 1 is 0.792 bits per heavy atom. The van der Waals surface area contributed by atoms with Crippen molar-refractivity contribution in [3.63, 3.8) is 0 Å². The molecule has 0 heterocycles. The predicted molar refractivity (Wildman–Crippen MR) is 93.2 cm³/mol. The lowest BCUT2D eigenvalue weighted by Gasteiger charge is -2.27. The molecule has 0 amide bonds. The Kier molecular flexibility index (Phi) is 8.12. The zero-order valence-electron chi connectivity index (χ0n) is 14.9. The molecule has 2 aliphatic rings. The van der Waals surface area contributed by atoms with Gasteiger partial charge in [-0.25, -0.2) is 0 Å². The van der Waals surface area contributed by atoms with Crippen LogP contribution in [0.15, 0.2) is 0 Å². The molecule has 2 fully saturated rings. The van der Waals surface area contributed by atoms with E-state index in [9.17, 15) is 14.2 Å². The van der Waals surface area contributed by atoms with E-state index in [1.807, 2.05) is 0 Å². The van der Waals surface area contributed by atoms with Gasteiger partial charge < -0.3 is 9.05 Å². The minimum atomic E-state index is -2.78. The molecule has 138 valence electrons. The van der Waals surface area contributed by atoms with Gasteiger partial charge in [-0.1, -0.05) is 52.4 Å². The number of rotatable bonds is 8. The predicted octanol–water partition coefficient (Wildman–Crippen LogP) is 4.20. The molecule has 0 saturated heterocycles. The fraction of sp³-hybridized carbons (Fsp3) is 0.889. The Morgan fingerprint density at radius 2 is 1.17 bits per heavy atom. The number of Topliss-reactive ketones (excluding diaryl/α,β-unsaturated/α-hetero) is 2. The van der Waals surface area contributed by atoms with E-state index in [4.69, 9.17) is 9.05 Å². The van der Waals surface area contributed by atoms with Gasteiger partial charge in [0.15, 0.2) is 11.6 Å². The molecular formula is C18H31O5P. The summed E-state index contributed by atoms with van der Waals surface area (Å²) >= 11 is 0. The molecule has 6 heteroatoms. The molecule has 0 aromatic heterocycles. The summed E-state index contributed by atoms with van der Waals surface area (Å²) in [4.78, 5) is 24.3. The Bertz CT molecular complexity index is 424. The highest BCUT2D eigenvalue weighted by atomic mass is 31.1. The number of ketones is 2. The summed E-state index contributed by atoms with van der Waals surface area (Å²) in [5, 5.41) is 0. The standard InChI is InChI=1S/C18H31O5P/c1-13-7-3-5-9-15(13)17(19)11-22-24(21)23-12-18(20)16-10-6-4-8-14(16)2/h13-16,24H,3-12H2,1-2H3. The summed E-state index contributed by atoms with van der Waals surface area (Å²) in [6.45, 7) is 3.85. The average Bonchev–Trinajstić information content (AvgIpc) is 2.58. The lowest BCUT2D eigenvalue weighted by molar-refractivity contribution is -0.127. The largest absolute Gasteiger partial charge is 0.319 e. The first kappa shape index (κ1) is 19.8. The molecule has 0 spiro atoms. The maximum Gasteiger partial charge on any atom is 0.319 e. The van der Waals surface area contributed by atoms with Crippen molar-refractivity contribution in [1.29, 1.82) is 0 Å². The van der Waals surface area contributed by atoms with E-state index in [2.05, 4.69) is 13.8 Å². The number of carbonyl (C=O) groups is 2. The molecule has 4 atom stereocenters. The number of carbonyl (C=O) groups excluding carboxylic acids is 2. The van der Waals surface area contributed by atoms with Gasteiger partial charge in [0, 0.05) is 11.8 Å². The van der Waals surface area contributed by atoms with Gasteiger partial charge in [-0.05, 0) is 24.7 Å². The van der Waals surface area contributed by atoms with E-state index in [1.165, 1.54) is 12.8 Å². The molecule has 0 aromatic carbocycles. The minimum absolute atomic E-state index is 0.0105. The van der Waals surface area contributed by atoms with Crippen LogP contribution in [0.3, 0.4) is 0 Å². The van der Waals surface area contributed by atoms with Crippen molar-refractivity contribution in [2.45, 2.75) is 65.2 Å². The van der Waals surface area contributed by atoms with E-state index < -0.39 is 8.25 Å². The molecule has 0 aliphatic heterocycles. The molecule has 0 radical (unpaired) electrons. The topological polar surface area (TPSA) is 69.7 Å². The zero-order chi connectivity index (χ0) is 17.5. The second-order valence-electron chi connectivity index (χ2n) is 7.50. The molecule has 4 unspecified atom stereocenters. The van der Waals surface area contributed by atoms with Crippen molar-refractivity contribution in [3.8, 4) is 0 Å². The van der Waals surface area contributed by atoms with Crippen molar-refractivity contribution < 1.29 is 23.2 Å². The zero-order valence-corrected chi connectivity index (χ0v) is 15.9. The molecule has 24 heavy (non-hydrogen) atoms. The molecular weight excluding hydrogens is 327 g/mol. The Balaban J connectivity index is 1.67. The second-order valence-corrected chi connectivity index (χ2v) is 8.57. The van der Waals surface area contributed by atoms with Gasteiger partial charge in [0.25, 0.3) is 0 Å². The Hall–Kier alpha value is -0.510. The third-order valence-electron chi connectivity index (χ3n) is 5.71. The summed E-state index contributed by atoms with van der Waals surface area (Å²) in [5.41, 5.74) is 0. The van der Waals surface area contributed by atoms with Crippen molar-refractivity contribution in [1.82, 2.24) is 0 Å². The van der Waals surface area contributed by atoms with Gasteiger partial charge in [0.2, 0.25) is 0 Å². The highest BCUT2D eigenvalue weighted by molar-refractivity contribution is 7.33. The smallest absolute Gasteiger partial charge is 0.303 e. The first-order valence-electron chi connectivity index (χ1n) is 9.34. The molecule has 0 aromatic rings. The maximum atomic E-state index is 12.2. The van der Waals surface area contributed by atoms with Crippen LogP contribution in [0.4, 0.5) is 0 Å². The highest BCUT2D eigenvalue weighted by Gasteiger charge is 2.29. The van der Waals surface area contributed by atoms with Crippen LogP contribution >= 0.6 is 8.25 Å². The SMILES string of the molecule is CC1CCCCC1C(=O)CO[PH](=O)OCC(=O)C1CCCCC1C. The molecule has 5 nitrogen and oxygen atoms in total. The van der Waals surface area contributed by atoms with Crippen LogP contribution in [0.1, 0.15) is 65.2 Å². The van der Waals surface area contributed by atoms with Gasteiger partial charge in [-0.2, -0.15) is 0 Å². The Morgan fingerprint density at radius 3 is 1.54 bits per heavy atom. The number of hydrogen-bond acceptors (Lipinski definition) is 5. The summed E-state index contributed by atoms with van der Waals surface area (Å²) in [6.07, 6.45) is 8.40. The number of hydrogen-bond donors (Lipinski definition) is 0. The van der Waals surface area contributed by atoms with Crippen LogP contribution in [0.5, 0.6) is 0 Å². The van der Waals surface area contributed by atoms with Gasteiger partial charge in [-0.15, -0.1) is 0 Å². The van der Waals surface area contributed by atoms with Gasteiger partial charge in [-0.3, -0.25) is 14.2 Å². The second kappa shape index (κ2) is 9.84. The lowest BCUT2D eigenvalue weighted by Crippen LogP contribution is -2.28. The van der Waals surface area contributed by atoms with Crippen LogP contribution in [0.25, 0.3) is 0 Å². The van der Waals surface area contributed by atoms with E-state index in [-0.39, 0.29) is 36.6 Å². The summed E-state index contributed by atoms with van der Waals surface area (Å²) in [6, 6.07) is 0. The van der Waals surface area contributed by atoms with E-state index in [1.54, 1.807) is 0 Å². The van der Waals surface area contributed by atoms with Crippen LogP contribution in [-0.4, -0.2) is 24.8 Å². The molecule has 0 N–H and O–H groups in total. The minimum Gasteiger partial charge on any atom is -0.303 e. The fourth-order valence-electron chi connectivity index (χ4n) is 4.11. The van der Waals surface area contributed by atoms with Gasteiger partial charge in [0.05, 0.1) is 0 Å². The summed E-state index contributed by atoms with van der Waals surface area (Å²) in [7, 11) is -2.78. The van der Waals surface area contributed by atoms with Gasteiger partial charge >= 0.3 is 8.25 Å². The molecule has 2 aliphatic carbocycles. The first-order valence-corrected chi connectivity index (χ1v) is 10.6. The van der Waals surface area contributed by atoms with Crippen LogP contribution in [0, 0.1) is 23.7 Å². The third-order valence-corrected chi connectivity index (χ3v) is 6.47. The summed E-state index contributed by atoms with van der Waals surface area (Å²) < 4.78 is 22.0. The van der Waals surface area contributed by atoms with E-state index in [0.29, 0.717) is 11.8 Å². The normalized spacial score (nSPS) is 32.2. The van der Waals surface area contributed by atoms with Gasteiger partial charge in [0.1, 0.15) is 13.2 Å². The lowest BCUT2D eigenvalue weighted by atomic mass is 9.78. The monoisotopic (exact) mass is 358 g/mol. The van der Waals surface area contributed by atoms with Crippen LogP contribution in [-0.2, 0) is 23.2 Å². The Labute approximate surface area is 145 Å². The molecule has 2 saturated carbocycles. The van der Waals surface area contributed by atoms with E-state index >= 15 is 0 Å². The van der Waals surface area contributed by atoms with Crippen molar-refractivity contribution in [2.75, 3.05) is 13.2 Å². The molecule has 0 bridgehead atoms.